The van der Waals surface area contributed by atoms with Crippen molar-refractivity contribution in [3.05, 3.63) is 100 Å². The standard InChI is InChI=1S/C27H19ClF2N4O5S/c1-38-24-11-19(16-10-20(28)27(39-2)32-13-16)21(30)12-23(24)34-22-6-5-18(9-15(22)3-8-26(34)35)40(36,37)33-25-7-4-17(29)14-31-25/h3-14H,1-2H3,(H,31,33). The predicted octanol–water partition coefficient (Wildman–Crippen LogP) is 5.20. The second-order valence-electron chi connectivity index (χ2n) is 8.41. The Morgan fingerprint density at radius 1 is 0.925 bits per heavy atom. The van der Waals surface area contributed by atoms with Crippen LogP contribution in [0.2, 0.25) is 5.02 Å². The van der Waals surface area contributed by atoms with Crippen LogP contribution in [0.5, 0.6) is 11.6 Å². The number of hydrogen-bond donors (Lipinski definition) is 1. The average molecular weight is 585 g/mol. The van der Waals surface area contributed by atoms with Gasteiger partial charge >= 0.3 is 0 Å². The summed E-state index contributed by atoms with van der Waals surface area (Å²) in [6, 6.07) is 13.0. The van der Waals surface area contributed by atoms with E-state index < -0.39 is 27.2 Å². The van der Waals surface area contributed by atoms with Crippen LogP contribution < -0.4 is 19.8 Å². The van der Waals surface area contributed by atoms with Crippen LogP contribution in [0, 0.1) is 11.6 Å². The molecule has 0 radical (unpaired) electrons. The quantitative estimate of drug-likeness (QED) is 0.280. The molecule has 0 saturated carbocycles. The number of hydrogen-bond acceptors (Lipinski definition) is 7. The lowest BCUT2D eigenvalue weighted by Crippen LogP contribution is -2.19. The fourth-order valence-electron chi connectivity index (χ4n) is 4.10. The molecular weight excluding hydrogens is 566 g/mol. The highest BCUT2D eigenvalue weighted by Gasteiger charge is 2.20. The van der Waals surface area contributed by atoms with Gasteiger partial charge in [0, 0.05) is 34.8 Å². The van der Waals surface area contributed by atoms with Gasteiger partial charge in [0.2, 0.25) is 5.88 Å². The molecule has 0 amide bonds. The van der Waals surface area contributed by atoms with Crippen LogP contribution in [-0.4, -0.2) is 37.2 Å². The first-order valence-corrected chi connectivity index (χ1v) is 13.4. The zero-order valence-electron chi connectivity index (χ0n) is 20.9. The van der Waals surface area contributed by atoms with Crippen LogP contribution in [0.25, 0.3) is 27.7 Å². The summed E-state index contributed by atoms with van der Waals surface area (Å²) in [4.78, 5) is 20.7. The summed E-state index contributed by atoms with van der Waals surface area (Å²) >= 11 is 6.16. The molecule has 0 aliphatic heterocycles. The molecule has 0 bridgehead atoms. The van der Waals surface area contributed by atoms with Crippen molar-refractivity contribution in [1.82, 2.24) is 14.5 Å². The molecule has 0 fully saturated rings. The predicted molar refractivity (Wildman–Crippen MR) is 146 cm³/mol. The van der Waals surface area contributed by atoms with E-state index in [-0.39, 0.29) is 38.6 Å². The Morgan fingerprint density at radius 2 is 1.73 bits per heavy atom. The third kappa shape index (κ3) is 5.06. The van der Waals surface area contributed by atoms with Gasteiger partial charge in [-0.2, -0.15) is 0 Å². The highest BCUT2D eigenvalue weighted by atomic mass is 35.5. The summed E-state index contributed by atoms with van der Waals surface area (Å²) < 4.78 is 68.5. The maximum atomic E-state index is 15.4. The molecule has 9 nitrogen and oxygen atoms in total. The number of aromatic nitrogens is 3. The van der Waals surface area contributed by atoms with Crippen molar-refractivity contribution in [2.75, 3.05) is 18.9 Å². The van der Waals surface area contributed by atoms with E-state index in [0.29, 0.717) is 16.5 Å². The molecule has 1 N–H and O–H groups in total. The van der Waals surface area contributed by atoms with Gasteiger partial charge in [0.25, 0.3) is 15.6 Å². The Kier molecular flexibility index (Phi) is 7.13. The van der Waals surface area contributed by atoms with Crippen molar-refractivity contribution in [3.63, 3.8) is 0 Å². The van der Waals surface area contributed by atoms with Gasteiger partial charge < -0.3 is 9.47 Å². The summed E-state index contributed by atoms with van der Waals surface area (Å²) in [6.45, 7) is 0. The van der Waals surface area contributed by atoms with Crippen molar-refractivity contribution in [2.24, 2.45) is 0 Å². The summed E-state index contributed by atoms with van der Waals surface area (Å²) in [7, 11) is -1.32. The molecule has 0 unspecified atom stereocenters. The van der Waals surface area contributed by atoms with Crippen LogP contribution in [0.4, 0.5) is 14.6 Å². The monoisotopic (exact) mass is 584 g/mol. The van der Waals surface area contributed by atoms with Gasteiger partial charge in [-0.15, -0.1) is 0 Å². The Hall–Kier alpha value is -4.55. The smallest absolute Gasteiger partial charge is 0.263 e. The minimum Gasteiger partial charge on any atom is -0.495 e. The van der Waals surface area contributed by atoms with Gasteiger partial charge in [0.1, 0.15) is 28.2 Å². The Morgan fingerprint density at radius 3 is 2.40 bits per heavy atom. The van der Waals surface area contributed by atoms with E-state index in [1.807, 2.05) is 0 Å². The summed E-state index contributed by atoms with van der Waals surface area (Å²) in [5.41, 5.74) is 0.370. The number of rotatable bonds is 7. The zero-order chi connectivity index (χ0) is 28.6. The first kappa shape index (κ1) is 27.0. The highest BCUT2D eigenvalue weighted by molar-refractivity contribution is 7.92. The molecule has 0 atom stereocenters. The van der Waals surface area contributed by atoms with E-state index >= 15 is 4.39 Å². The van der Waals surface area contributed by atoms with Crippen LogP contribution in [-0.2, 0) is 10.0 Å². The minimum absolute atomic E-state index is 0.0693. The molecule has 3 aromatic heterocycles. The van der Waals surface area contributed by atoms with Crippen molar-refractivity contribution in [3.8, 4) is 28.4 Å². The molecule has 0 spiro atoms. The summed E-state index contributed by atoms with van der Waals surface area (Å²) in [6.07, 6.45) is 2.28. The van der Waals surface area contributed by atoms with E-state index in [1.54, 1.807) is 0 Å². The van der Waals surface area contributed by atoms with Gasteiger partial charge in [0.15, 0.2) is 0 Å². The number of nitrogens with zero attached hydrogens (tertiary/aromatic N) is 3. The topological polar surface area (TPSA) is 112 Å². The summed E-state index contributed by atoms with van der Waals surface area (Å²) in [5, 5.41) is 0.551. The summed E-state index contributed by atoms with van der Waals surface area (Å²) in [5.74, 6) is -1.02. The van der Waals surface area contributed by atoms with E-state index in [9.17, 15) is 17.6 Å². The molecule has 0 aliphatic carbocycles. The number of methoxy groups -OCH3 is 2. The normalized spacial score (nSPS) is 11.4. The van der Waals surface area contributed by atoms with Crippen LogP contribution in [0.15, 0.2) is 82.7 Å². The fraction of sp³-hybridized carbons (Fsp3) is 0.0741. The van der Waals surface area contributed by atoms with E-state index in [0.717, 1.165) is 18.3 Å². The van der Waals surface area contributed by atoms with E-state index in [2.05, 4.69) is 14.7 Å². The number of sulfonamides is 1. The lowest BCUT2D eigenvalue weighted by atomic mass is 10.1. The van der Waals surface area contributed by atoms with E-state index in [4.69, 9.17) is 21.1 Å². The zero-order valence-corrected chi connectivity index (χ0v) is 22.4. The van der Waals surface area contributed by atoms with Gasteiger partial charge in [0.05, 0.1) is 36.5 Å². The van der Waals surface area contributed by atoms with Gasteiger partial charge in [-0.3, -0.25) is 14.1 Å². The molecule has 5 rings (SSSR count). The van der Waals surface area contributed by atoms with Crippen molar-refractivity contribution >= 4 is 38.3 Å². The molecule has 3 heterocycles. The number of fused-ring (bicyclic) bond motifs is 1. The third-order valence-corrected chi connectivity index (χ3v) is 7.59. The molecule has 0 aliphatic rings. The van der Waals surface area contributed by atoms with Crippen molar-refractivity contribution < 1.29 is 26.7 Å². The molecule has 2 aromatic carbocycles. The second kappa shape index (κ2) is 10.5. The number of pyridine rings is 3. The van der Waals surface area contributed by atoms with Gasteiger partial charge in [-0.1, -0.05) is 11.6 Å². The van der Waals surface area contributed by atoms with Crippen LogP contribution >= 0.6 is 11.6 Å². The number of ether oxygens (including phenoxy) is 2. The molecular formula is C27H19ClF2N4O5S. The molecule has 13 heteroatoms. The lowest BCUT2D eigenvalue weighted by molar-refractivity contribution is 0.398. The fourth-order valence-corrected chi connectivity index (χ4v) is 5.38. The number of anilines is 1. The lowest BCUT2D eigenvalue weighted by Gasteiger charge is -2.17. The number of benzene rings is 2. The van der Waals surface area contributed by atoms with Crippen LogP contribution in [0.1, 0.15) is 0 Å². The molecule has 204 valence electrons. The largest absolute Gasteiger partial charge is 0.495 e. The Labute approximate surface area is 231 Å². The van der Waals surface area contributed by atoms with Crippen LogP contribution in [0.3, 0.4) is 0 Å². The van der Waals surface area contributed by atoms with Crippen molar-refractivity contribution in [1.29, 1.82) is 0 Å². The van der Waals surface area contributed by atoms with E-state index in [1.165, 1.54) is 73.5 Å². The Bertz CT molecular complexity index is 1930. The maximum Gasteiger partial charge on any atom is 0.263 e. The molecule has 0 saturated heterocycles. The third-order valence-electron chi connectivity index (χ3n) is 5.96. The highest BCUT2D eigenvalue weighted by Crippen LogP contribution is 2.35. The molecule has 5 aromatic rings. The maximum absolute atomic E-state index is 15.4. The number of halogens is 3. The first-order valence-electron chi connectivity index (χ1n) is 11.5. The Balaban J connectivity index is 1.60. The van der Waals surface area contributed by atoms with Gasteiger partial charge in [-0.05, 0) is 48.5 Å². The van der Waals surface area contributed by atoms with Crippen molar-refractivity contribution in [2.45, 2.75) is 4.90 Å². The average Bonchev–Trinajstić information content (AvgIpc) is 2.93. The SMILES string of the molecule is COc1cc(-c2cnc(OC)c(Cl)c2)c(F)cc1-n1c(=O)ccc2cc(S(=O)(=O)Nc3ccc(F)cn3)ccc21. The molecule has 40 heavy (non-hydrogen) atoms. The first-order chi connectivity index (χ1) is 19.1. The minimum atomic E-state index is -4.10. The number of nitrogens with one attached hydrogen (secondary N) is 1. The second-order valence-corrected chi connectivity index (χ2v) is 10.5. The van der Waals surface area contributed by atoms with Gasteiger partial charge in [-0.25, -0.2) is 27.2 Å².